The van der Waals surface area contributed by atoms with E-state index in [4.69, 9.17) is 24.2 Å². The summed E-state index contributed by atoms with van der Waals surface area (Å²) in [6, 6.07) is 14.6. The van der Waals surface area contributed by atoms with Gasteiger partial charge in [-0.25, -0.2) is 0 Å². The molecule has 0 saturated carbocycles. The van der Waals surface area contributed by atoms with Crippen molar-refractivity contribution in [3.63, 3.8) is 0 Å². The second-order valence-electron chi connectivity index (χ2n) is 8.04. The number of ether oxygens (including phenoxy) is 4. The van der Waals surface area contributed by atoms with Crippen LogP contribution in [-0.4, -0.2) is 51.1 Å². The Balaban J connectivity index is 1.23. The van der Waals surface area contributed by atoms with Crippen molar-refractivity contribution in [1.82, 2.24) is 0 Å². The highest BCUT2D eigenvalue weighted by atomic mass is 16.7. The second-order valence-corrected chi connectivity index (χ2v) is 8.04. The number of carbonyl (C=O) groups is 1. The van der Waals surface area contributed by atoms with E-state index in [1.165, 1.54) is 6.92 Å². The summed E-state index contributed by atoms with van der Waals surface area (Å²) in [6.45, 7) is 5.07. The van der Waals surface area contributed by atoms with Gasteiger partial charge in [0.25, 0.3) is 0 Å². The van der Waals surface area contributed by atoms with Gasteiger partial charge in [-0.1, -0.05) is 0 Å². The average molecular weight is 437 g/mol. The van der Waals surface area contributed by atoms with Crippen LogP contribution in [0.25, 0.3) is 0 Å². The van der Waals surface area contributed by atoms with Crippen LogP contribution in [0.4, 0.5) is 5.69 Å². The zero-order valence-corrected chi connectivity index (χ0v) is 18.3. The first kappa shape index (κ1) is 22.3. The SMILES string of the molecule is CC(=O)c1ccc(C#N)cc1Oc1ccc(N2CC(OCCOC3CCCCO3)C2)cc1. The molecule has 0 aromatic heterocycles. The van der Waals surface area contributed by atoms with Gasteiger partial charge in [-0.2, -0.15) is 5.26 Å². The number of nitrogens with zero attached hydrogens (tertiary/aromatic N) is 2. The number of Topliss-reactive ketones (excluding diaryl/α,β-unsaturated/α-hetero) is 1. The fraction of sp³-hybridized carbons (Fsp3) is 0.440. The predicted octanol–water partition coefficient (Wildman–Crippen LogP) is 4.30. The first-order chi connectivity index (χ1) is 15.6. The summed E-state index contributed by atoms with van der Waals surface area (Å²) in [5.74, 6) is 0.897. The summed E-state index contributed by atoms with van der Waals surface area (Å²) in [7, 11) is 0. The summed E-state index contributed by atoms with van der Waals surface area (Å²) in [5.41, 5.74) is 1.99. The summed E-state index contributed by atoms with van der Waals surface area (Å²) >= 11 is 0. The lowest BCUT2D eigenvalue weighted by atomic mass is 10.1. The Morgan fingerprint density at radius 1 is 1.12 bits per heavy atom. The van der Waals surface area contributed by atoms with Crippen LogP contribution >= 0.6 is 0 Å². The van der Waals surface area contributed by atoms with Gasteiger partial charge >= 0.3 is 0 Å². The number of rotatable bonds is 9. The zero-order chi connectivity index (χ0) is 22.3. The Bertz CT molecular complexity index is 957. The summed E-state index contributed by atoms with van der Waals surface area (Å²) in [6.07, 6.45) is 3.39. The molecule has 0 amide bonds. The zero-order valence-electron chi connectivity index (χ0n) is 18.3. The van der Waals surface area contributed by atoms with E-state index in [9.17, 15) is 4.79 Å². The van der Waals surface area contributed by atoms with Crippen molar-refractivity contribution in [3.8, 4) is 17.6 Å². The van der Waals surface area contributed by atoms with Gasteiger partial charge in [-0.3, -0.25) is 4.79 Å². The van der Waals surface area contributed by atoms with E-state index in [1.54, 1.807) is 18.2 Å². The first-order valence-electron chi connectivity index (χ1n) is 11.0. The van der Waals surface area contributed by atoms with Gasteiger partial charge in [-0.05, 0) is 68.7 Å². The topological polar surface area (TPSA) is 81.0 Å². The summed E-state index contributed by atoms with van der Waals surface area (Å²) in [4.78, 5) is 14.1. The standard InChI is InChI=1S/C25H28N2O5/c1-18(28)23-10-5-19(15-26)14-24(23)32-21-8-6-20(7-9-21)27-16-22(17-27)29-12-13-31-25-4-2-3-11-30-25/h5-10,14,22,25H,2-4,11-13,16-17H2,1H3. The number of hydrogen-bond acceptors (Lipinski definition) is 7. The van der Waals surface area contributed by atoms with E-state index in [2.05, 4.69) is 11.0 Å². The lowest BCUT2D eigenvalue weighted by Crippen LogP contribution is -2.52. The fourth-order valence-corrected chi connectivity index (χ4v) is 3.81. The Morgan fingerprint density at radius 2 is 1.91 bits per heavy atom. The summed E-state index contributed by atoms with van der Waals surface area (Å²) < 4.78 is 23.0. The monoisotopic (exact) mass is 436 g/mol. The highest BCUT2D eigenvalue weighted by Crippen LogP contribution is 2.30. The Hall–Kier alpha value is -2.92. The van der Waals surface area contributed by atoms with Crippen molar-refractivity contribution in [2.24, 2.45) is 0 Å². The molecule has 0 spiro atoms. The van der Waals surface area contributed by atoms with Crippen molar-refractivity contribution in [1.29, 1.82) is 5.26 Å². The fourth-order valence-electron chi connectivity index (χ4n) is 3.81. The lowest BCUT2D eigenvalue weighted by molar-refractivity contribution is -0.171. The molecule has 2 fully saturated rings. The van der Waals surface area contributed by atoms with E-state index < -0.39 is 0 Å². The van der Waals surface area contributed by atoms with E-state index in [-0.39, 0.29) is 18.2 Å². The molecule has 1 unspecified atom stereocenters. The molecule has 2 aromatic rings. The van der Waals surface area contributed by atoms with Gasteiger partial charge in [0.2, 0.25) is 0 Å². The molecular formula is C25H28N2O5. The number of hydrogen-bond donors (Lipinski definition) is 0. The van der Waals surface area contributed by atoms with Crippen LogP contribution in [0, 0.1) is 11.3 Å². The minimum atomic E-state index is -0.107. The minimum Gasteiger partial charge on any atom is -0.457 e. The molecule has 7 nitrogen and oxygen atoms in total. The largest absolute Gasteiger partial charge is 0.457 e. The van der Waals surface area contributed by atoms with Crippen molar-refractivity contribution in [3.05, 3.63) is 53.6 Å². The van der Waals surface area contributed by atoms with Crippen LogP contribution in [0.15, 0.2) is 42.5 Å². The van der Waals surface area contributed by atoms with Crippen LogP contribution in [0.3, 0.4) is 0 Å². The van der Waals surface area contributed by atoms with Crippen LogP contribution in [-0.2, 0) is 14.2 Å². The van der Waals surface area contributed by atoms with Gasteiger partial charge in [0, 0.05) is 25.4 Å². The van der Waals surface area contributed by atoms with Crippen molar-refractivity contribution >= 4 is 11.5 Å². The van der Waals surface area contributed by atoms with Crippen LogP contribution in [0.1, 0.15) is 42.1 Å². The second kappa shape index (κ2) is 10.6. The Kier molecular flexibility index (Phi) is 7.38. The molecule has 4 rings (SSSR count). The van der Waals surface area contributed by atoms with Gasteiger partial charge < -0.3 is 23.8 Å². The normalized spacial score (nSPS) is 18.6. The maximum Gasteiger partial charge on any atom is 0.163 e. The Labute approximate surface area is 188 Å². The van der Waals surface area contributed by atoms with E-state index in [1.807, 2.05) is 24.3 Å². The number of anilines is 1. The molecule has 1 atom stereocenters. The van der Waals surface area contributed by atoms with Gasteiger partial charge in [-0.15, -0.1) is 0 Å². The molecule has 2 aromatic carbocycles. The number of ketones is 1. The minimum absolute atomic E-state index is 0.0696. The van der Waals surface area contributed by atoms with E-state index >= 15 is 0 Å². The third-order valence-electron chi connectivity index (χ3n) is 5.65. The molecule has 32 heavy (non-hydrogen) atoms. The number of benzene rings is 2. The molecule has 0 N–H and O–H groups in total. The molecule has 168 valence electrons. The maximum atomic E-state index is 11.9. The molecular weight excluding hydrogens is 408 g/mol. The molecule has 0 bridgehead atoms. The quantitative estimate of drug-likeness (QED) is 0.428. The molecule has 0 aliphatic carbocycles. The molecule has 2 aliphatic rings. The highest BCUT2D eigenvalue weighted by Gasteiger charge is 2.27. The third-order valence-corrected chi connectivity index (χ3v) is 5.65. The van der Waals surface area contributed by atoms with Crippen LogP contribution in [0.2, 0.25) is 0 Å². The van der Waals surface area contributed by atoms with Gasteiger partial charge in [0.15, 0.2) is 12.1 Å². The molecule has 0 radical (unpaired) electrons. The smallest absolute Gasteiger partial charge is 0.163 e. The average Bonchev–Trinajstić information content (AvgIpc) is 2.79. The molecule has 2 saturated heterocycles. The van der Waals surface area contributed by atoms with E-state index in [0.717, 1.165) is 44.6 Å². The lowest BCUT2D eigenvalue weighted by Gasteiger charge is -2.40. The van der Waals surface area contributed by atoms with Crippen molar-refractivity contribution in [2.75, 3.05) is 37.8 Å². The van der Waals surface area contributed by atoms with Gasteiger partial charge in [0.05, 0.1) is 36.5 Å². The van der Waals surface area contributed by atoms with Crippen molar-refractivity contribution in [2.45, 2.75) is 38.6 Å². The number of nitriles is 1. The first-order valence-corrected chi connectivity index (χ1v) is 11.0. The highest BCUT2D eigenvalue weighted by molar-refractivity contribution is 5.97. The molecule has 2 heterocycles. The third kappa shape index (κ3) is 5.65. The molecule has 7 heteroatoms. The predicted molar refractivity (Wildman–Crippen MR) is 119 cm³/mol. The van der Waals surface area contributed by atoms with Crippen LogP contribution in [0.5, 0.6) is 11.5 Å². The van der Waals surface area contributed by atoms with Crippen LogP contribution < -0.4 is 9.64 Å². The van der Waals surface area contributed by atoms with Gasteiger partial charge in [0.1, 0.15) is 11.5 Å². The number of carbonyl (C=O) groups excluding carboxylic acids is 1. The van der Waals surface area contributed by atoms with Crippen molar-refractivity contribution < 1.29 is 23.7 Å². The Morgan fingerprint density at radius 3 is 2.59 bits per heavy atom. The maximum absolute atomic E-state index is 11.9. The van der Waals surface area contributed by atoms with E-state index in [0.29, 0.717) is 35.8 Å². The summed E-state index contributed by atoms with van der Waals surface area (Å²) in [5, 5.41) is 9.12. The molecule has 2 aliphatic heterocycles.